The number of halogens is 3. The summed E-state index contributed by atoms with van der Waals surface area (Å²) in [5, 5.41) is 13.8. The molecule has 0 aliphatic carbocycles. The molecule has 0 fully saturated rings. The Kier molecular flexibility index (Phi) is 9.21. The van der Waals surface area contributed by atoms with Gasteiger partial charge in [-0.1, -0.05) is 54.6 Å². The van der Waals surface area contributed by atoms with Crippen LogP contribution in [0.25, 0.3) is 17.2 Å². The van der Waals surface area contributed by atoms with Crippen molar-refractivity contribution in [2.75, 3.05) is 6.54 Å². The fraction of sp³-hybridized carbons (Fsp3) is 0.179. The molecule has 3 aromatic rings. The average Bonchev–Trinajstić information content (AvgIpc) is 2.88. The summed E-state index contributed by atoms with van der Waals surface area (Å²) in [6, 6.07) is 20.6. The van der Waals surface area contributed by atoms with Crippen LogP contribution in [0.3, 0.4) is 0 Å². The summed E-state index contributed by atoms with van der Waals surface area (Å²) in [4.78, 5) is 36.3. The molecule has 192 valence electrons. The number of benzene rings is 3. The summed E-state index contributed by atoms with van der Waals surface area (Å²) in [5.74, 6) is -2.28. The molecule has 9 heteroatoms. The molecule has 0 bridgehead atoms. The topological polar surface area (TPSA) is 95.5 Å². The molecular formula is C28H25F3N2O4. The van der Waals surface area contributed by atoms with Crippen molar-refractivity contribution in [3.05, 3.63) is 101 Å². The second-order valence-corrected chi connectivity index (χ2v) is 8.19. The molecule has 0 atom stereocenters. The van der Waals surface area contributed by atoms with Crippen molar-refractivity contribution in [2.24, 2.45) is 0 Å². The van der Waals surface area contributed by atoms with Crippen LogP contribution >= 0.6 is 0 Å². The van der Waals surface area contributed by atoms with Gasteiger partial charge in [0.1, 0.15) is 5.70 Å². The van der Waals surface area contributed by atoms with E-state index in [0.717, 1.165) is 29.3 Å². The van der Waals surface area contributed by atoms with Gasteiger partial charge in [0.15, 0.2) is 0 Å². The SMILES string of the molecule is O=C(O)CCCCNC(=O)/C(=C\c1cccc(C(F)(F)F)c1)NC(=O)c1ccc(-c2ccccc2)cc1. The third-order valence-corrected chi connectivity index (χ3v) is 5.37. The van der Waals surface area contributed by atoms with Crippen molar-refractivity contribution in [3.63, 3.8) is 0 Å². The van der Waals surface area contributed by atoms with Crippen LogP contribution in [0.15, 0.2) is 84.6 Å². The minimum Gasteiger partial charge on any atom is -0.481 e. The molecule has 3 aromatic carbocycles. The lowest BCUT2D eigenvalue weighted by Gasteiger charge is -2.12. The first-order valence-electron chi connectivity index (χ1n) is 11.5. The molecule has 3 N–H and O–H groups in total. The van der Waals surface area contributed by atoms with Crippen molar-refractivity contribution in [3.8, 4) is 11.1 Å². The highest BCUT2D eigenvalue weighted by Crippen LogP contribution is 2.30. The first kappa shape index (κ1) is 27.2. The van der Waals surface area contributed by atoms with Crippen molar-refractivity contribution < 1.29 is 32.7 Å². The highest BCUT2D eigenvalue weighted by atomic mass is 19.4. The highest BCUT2D eigenvalue weighted by Gasteiger charge is 2.30. The maximum absolute atomic E-state index is 13.1. The van der Waals surface area contributed by atoms with Crippen molar-refractivity contribution >= 4 is 23.9 Å². The van der Waals surface area contributed by atoms with Gasteiger partial charge in [0.25, 0.3) is 11.8 Å². The fourth-order valence-electron chi connectivity index (χ4n) is 3.47. The summed E-state index contributed by atoms with van der Waals surface area (Å²) in [5.41, 5.74) is 1.04. The van der Waals surface area contributed by atoms with E-state index in [1.165, 1.54) is 12.1 Å². The van der Waals surface area contributed by atoms with E-state index in [9.17, 15) is 27.6 Å². The number of aliphatic carboxylic acids is 1. The lowest BCUT2D eigenvalue weighted by molar-refractivity contribution is -0.138. The van der Waals surface area contributed by atoms with Gasteiger partial charge >= 0.3 is 12.1 Å². The summed E-state index contributed by atoms with van der Waals surface area (Å²) < 4.78 is 39.4. The predicted octanol–water partition coefficient (Wildman–Crippen LogP) is 5.51. The summed E-state index contributed by atoms with van der Waals surface area (Å²) in [7, 11) is 0. The lowest BCUT2D eigenvalue weighted by Crippen LogP contribution is -2.35. The molecule has 3 rings (SSSR count). The van der Waals surface area contributed by atoms with E-state index < -0.39 is 29.5 Å². The first-order valence-corrected chi connectivity index (χ1v) is 11.5. The van der Waals surface area contributed by atoms with Gasteiger partial charge in [-0.25, -0.2) is 0 Å². The second-order valence-electron chi connectivity index (χ2n) is 8.19. The number of alkyl halides is 3. The molecule has 0 aliphatic heterocycles. The summed E-state index contributed by atoms with van der Waals surface area (Å²) in [6.07, 6.45) is -2.75. The third kappa shape index (κ3) is 8.34. The van der Waals surface area contributed by atoms with Crippen LogP contribution in [0, 0.1) is 0 Å². The quantitative estimate of drug-likeness (QED) is 0.247. The van der Waals surface area contributed by atoms with E-state index in [4.69, 9.17) is 5.11 Å². The number of carboxylic acids is 1. The Balaban J connectivity index is 1.79. The Morgan fingerprint density at radius 2 is 1.51 bits per heavy atom. The van der Waals surface area contributed by atoms with Crippen LogP contribution in [0.4, 0.5) is 13.2 Å². The molecular weight excluding hydrogens is 485 g/mol. The molecule has 0 saturated heterocycles. The Morgan fingerprint density at radius 3 is 2.16 bits per heavy atom. The Morgan fingerprint density at radius 1 is 0.838 bits per heavy atom. The van der Waals surface area contributed by atoms with Crippen LogP contribution < -0.4 is 10.6 Å². The highest BCUT2D eigenvalue weighted by molar-refractivity contribution is 6.05. The largest absolute Gasteiger partial charge is 0.481 e. The number of hydrogen-bond acceptors (Lipinski definition) is 3. The normalized spacial score (nSPS) is 11.6. The molecule has 0 radical (unpaired) electrons. The number of amides is 2. The zero-order valence-electron chi connectivity index (χ0n) is 19.7. The van der Waals surface area contributed by atoms with E-state index in [1.807, 2.05) is 30.3 Å². The van der Waals surface area contributed by atoms with Gasteiger partial charge in [-0.3, -0.25) is 14.4 Å². The maximum Gasteiger partial charge on any atom is 0.416 e. The van der Waals surface area contributed by atoms with E-state index in [-0.39, 0.29) is 29.8 Å². The van der Waals surface area contributed by atoms with Crippen LogP contribution in [-0.2, 0) is 15.8 Å². The second kappa shape index (κ2) is 12.5. The molecule has 0 saturated carbocycles. The molecule has 0 unspecified atom stereocenters. The van der Waals surface area contributed by atoms with Crippen molar-refractivity contribution in [1.29, 1.82) is 0 Å². The number of carboxylic acid groups (broad SMARTS) is 1. The zero-order valence-corrected chi connectivity index (χ0v) is 19.7. The Bertz CT molecular complexity index is 1270. The average molecular weight is 511 g/mol. The van der Waals surface area contributed by atoms with Gasteiger partial charge in [-0.2, -0.15) is 13.2 Å². The van der Waals surface area contributed by atoms with Crippen molar-refractivity contribution in [2.45, 2.75) is 25.4 Å². The van der Waals surface area contributed by atoms with Gasteiger partial charge in [-0.15, -0.1) is 0 Å². The number of carbonyl (C=O) groups is 3. The maximum atomic E-state index is 13.1. The van der Waals surface area contributed by atoms with E-state index in [0.29, 0.717) is 12.8 Å². The van der Waals surface area contributed by atoms with Gasteiger partial charge in [0.05, 0.1) is 5.56 Å². The van der Waals surface area contributed by atoms with E-state index in [1.54, 1.807) is 24.3 Å². The Hall–Kier alpha value is -4.40. The summed E-state index contributed by atoms with van der Waals surface area (Å²) >= 11 is 0. The summed E-state index contributed by atoms with van der Waals surface area (Å²) in [6.45, 7) is 0.133. The minimum atomic E-state index is -4.57. The van der Waals surface area contributed by atoms with Crippen molar-refractivity contribution in [1.82, 2.24) is 10.6 Å². The van der Waals surface area contributed by atoms with Gasteiger partial charge < -0.3 is 15.7 Å². The fourth-order valence-corrected chi connectivity index (χ4v) is 3.47. The van der Waals surface area contributed by atoms with Gasteiger partial charge in [0, 0.05) is 18.5 Å². The molecule has 0 aromatic heterocycles. The lowest BCUT2D eigenvalue weighted by atomic mass is 10.0. The first-order chi connectivity index (χ1) is 17.6. The van der Waals surface area contributed by atoms with E-state index in [2.05, 4.69) is 10.6 Å². The molecule has 6 nitrogen and oxygen atoms in total. The number of rotatable bonds is 10. The molecule has 0 spiro atoms. The predicted molar refractivity (Wildman–Crippen MR) is 133 cm³/mol. The van der Waals surface area contributed by atoms with Crippen LogP contribution in [0.5, 0.6) is 0 Å². The molecule has 0 heterocycles. The number of hydrogen-bond donors (Lipinski definition) is 3. The number of carbonyl (C=O) groups excluding carboxylic acids is 2. The number of nitrogens with one attached hydrogen (secondary N) is 2. The molecule has 0 aliphatic rings. The third-order valence-electron chi connectivity index (χ3n) is 5.37. The zero-order chi connectivity index (χ0) is 26.8. The Labute approximate surface area is 211 Å². The van der Waals surface area contributed by atoms with Gasteiger partial charge in [0.2, 0.25) is 0 Å². The van der Waals surface area contributed by atoms with Crippen LogP contribution in [0.2, 0.25) is 0 Å². The minimum absolute atomic E-state index is 0.0570. The molecule has 2 amide bonds. The van der Waals surface area contributed by atoms with Crippen LogP contribution in [-0.4, -0.2) is 29.4 Å². The monoisotopic (exact) mass is 510 g/mol. The standard InChI is InChI=1S/C28H25F3N2O4/c29-28(30,31)23-10-6-7-19(17-23)18-24(27(37)32-16-5-4-11-25(34)35)33-26(36)22-14-12-21(13-15-22)20-8-2-1-3-9-20/h1-3,6-10,12-15,17-18H,4-5,11,16H2,(H,32,37)(H,33,36)(H,34,35)/b24-18+. The van der Waals surface area contributed by atoms with Gasteiger partial charge in [-0.05, 0) is 59.9 Å². The van der Waals surface area contributed by atoms with E-state index >= 15 is 0 Å². The molecule has 37 heavy (non-hydrogen) atoms. The van der Waals surface area contributed by atoms with Crippen LogP contribution in [0.1, 0.15) is 40.7 Å². The number of unbranched alkanes of at least 4 members (excludes halogenated alkanes) is 1. The smallest absolute Gasteiger partial charge is 0.416 e.